The number of aryl methyl sites for hydroxylation is 1. The second-order valence-electron chi connectivity index (χ2n) is 7.33. The SMILES string of the molecule is COCc1ccccc1C1C(C(C)=O)=C(O)C(=O)N1c1ccc(-c2csc(C)n2)cc1. The molecule has 7 heteroatoms. The minimum Gasteiger partial charge on any atom is -0.503 e. The lowest BCUT2D eigenvalue weighted by Gasteiger charge is -2.28. The standard InChI is InChI=1S/C24H22N2O4S/c1-14(27)21-22(19-7-5-4-6-17(19)12-30-3)26(24(29)23(21)28)18-10-8-16(9-11-18)20-13-31-15(2)25-20/h4-11,13,22,28H,12H2,1-3H3. The van der Waals surface area contributed by atoms with E-state index in [9.17, 15) is 14.7 Å². The third kappa shape index (κ3) is 3.78. The molecule has 1 unspecified atom stereocenters. The van der Waals surface area contributed by atoms with E-state index < -0.39 is 17.7 Å². The maximum absolute atomic E-state index is 13.1. The highest BCUT2D eigenvalue weighted by Gasteiger charge is 2.43. The van der Waals surface area contributed by atoms with Gasteiger partial charge in [-0.05, 0) is 37.1 Å². The van der Waals surface area contributed by atoms with E-state index in [1.165, 1.54) is 11.8 Å². The van der Waals surface area contributed by atoms with Crippen LogP contribution in [0.1, 0.15) is 29.1 Å². The second-order valence-corrected chi connectivity index (χ2v) is 8.39. The molecule has 0 bridgehead atoms. The summed E-state index contributed by atoms with van der Waals surface area (Å²) in [6.07, 6.45) is 0. The third-order valence-corrected chi connectivity index (χ3v) is 6.07. The van der Waals surface area contributed by atoms with Gasteiger partial charge in [0.25, 0.3) is 5.91 Å². The molecule has 6 nitrogen and oxygen atoms in total. The molecule has 4 rings (SSSR count). The maximum Gasteiger partial charge on any atom is 0.294 e. The molecule has 3 aromatic rings. The van der Waals surface area contributed by atoms with Crippen molar-refractivity contribution in [3.63, 3.8) is 0 Å². The molecule has 1 N–H and O–H groups in total. The molecule has 0 saturated heterocycles. The van der Waals surface area contributed by atoms with E-state index >= 15 is 0 Å². The fraction of sp³-hybridized carbons (Fsp3) is 0.208. The number of aliphatic hydroxyl groups excluding tert-OH is 1. The summed E-state index contributed by atoms with van der Waals surface area (Å²) in [5.41, 5.74) is 4.06. The summed E-state index contributed by atoms with van der Waals surface area (Å²) in [6.45, 7) is 3.63. The number of carbonyl (C=O) groups is 2. The van der Waals surface area contributed by atoms with Crippen LogP contribution >= 0.6 is 11.3 Å². The molecule has 1 aromatic heterocycles. The molecule has 2 heterocycles. The number of carbonyl (C=O) groups excluding carboxylic acids is 2. The first-order valence-electron chi connectivity index (χ1n) is 9.79. The number of ketones is 1. The van der Waals surface area contributed by atoms with Gasteiger partial charge in [-0.25, -0.2) is 4.98 Å². The van der Waals surface area contributed by atoms with Crippen molar-refractivity contribution in [1.29, 1.82) is 0 Å². The number of amides is 1. The van der Waals surface area contributed by atoms with Crippen LogP contribution in [0.25, 0.3) is 11.3 Å². The third-order valence-electron chi connectivity index (χ3n) is 5.30. The molecule has 0 aliphatic carbocycles. The van der Waals surface area contributed by atoms with Gasteiger partial charge in [0, 0.05) is 23.7 Å². The minimum atomic E-state index is -0.733. The topological polar surface area (TPSA) is 79.7 Å². The predicted molar refractivity (Wildman–Crippen MR) is 120 cm³/mol. The maximum atomic E-state index is 13.1. The molecular formula is C24H22N2O4S. The first kappa shape index (κ1) is 21.0. The zero-order chi connectivity index (χ0) is 22.1. The minimum absolute atomic E-state index is 0.0905. The zero-order valence-electron chi connectivity index (χ0n) is 17.5. The van der Waals surface area contributed by atoms with Crippen LogP contribution in [-0.4, -0.2) is 28.9 Å². The summed E-state index contributed by atoms with van der Waals surface area (Å²) >= 11 is 1.57. The lowest BCUT2D eigenvalue weighted by molar-refractivity contribution is -0.117. The van der Waals surface area contributed by atoms with Crippen LogP contribution in [-0.2, 0) is 20.9 Å². The summed E-state index contributed by atoms with van der Waals surface area (Å²) in [7, 11) is 1.59. The number of anilines is 1. The van der Waals surface area contributed by atoms with E-state index in [1.54, 1.807) is 18.4 Å². The molecule has 158 valence electrons. The number of Topliss-reactive ketones (excluding diaryl/α,β-unsaturated/α-hetero) is 1. The first-order valence-corrected chi connectivity index (χ1v) is 10.7. The average molecular weight is 435 g/mol. The van der Waals surface area contributed by atoms with Gasteiger partial charge in [0.2, 0.25) is 0 Å². The Morgan fingerprint density at radius 2 is 1.90 bits per heavy atom. The number of thiazole rings is 1. The van der Waals surface area contributed by atoms with Gasteiger partial charge in [-0.1, -0.05) is 36.4 Å². The molecule has 1 aliphatic heterocycles. The molecule has 0 spiro atoms. The first-order chi connectivity index (χ1) is 14.9. The Bertz CT molecular complexity index is 1180. The van der Waals surface area contributed by atoms with Crippen molar-refractivity contribution < 1.29 is 19.4 Å². The Labute approximate surface area is 184 Å². The Hall–Kier alpha value is -3.29. The van der Waals surface area contributed by atoms with E-state index in [4.69, 9.17) is 4.74 Å². The van der Waals surface area contributed by atoms with Gasteiger partial charge in [-0.15, -0.1) is 11.3 Å². The molecule has 0 fully saturated rings. The van der Waals surface area contributed by atoms with Crippen molar-refractivity contribution in [3.05, 3.63) is 81.4 Å². The Morgan fingerprint density at radius 3 is 2.52 bits per heavy atom. The van der Waals surface area contributed by atoms with Crippen molar-refractivity contribution in [2.45, 2.75) is 26.5 Å². The molecule has 1 atom stereocenters. The van der Waals surface area contributed by atoms with E-state index in [1.807, 2.05) is 60.8 Å². The molecule has 1 aliphatic rings. The van der Waals surface area contributed by atoms with Crippen molar-refractivity contribution in [1.82, 2.24) is 4.98 Å². The van der Waals surface area contributed by atoms with Crippen molar-refractivity contribution in [3.8, 4) is 11.3 Å². The fourth-order valence-electron chi connectivity index (χ4n) is 3.90. The van der Waals surface area contributed by atoms with Crippen molar-refractivity contribution >= 4 is 28.7 Å². The summed E-state index contributed by atoms with van der Waals surface area (Å²) in [5.74, 6) is -1.45. The highest BCUT2D eigenvalue weighted by atomic mass is 32.1. The van der Waals surface area contributed by atoms with Gasteiger partial charge in [-0.2, -0.15) is 0 Å². The van der Waals surface area contributed by atoms with Crippen LogP contribution in [0, 0.1) is 6.92 Å². The Kier molecular flexibility index (Phi) is 5.71. The van der Waals surface area contributed by atoms with Crippen molar-refractivity contribution in [2.24, 2.45) is 0 Å². The van der Waals surface area contributed by atoms with Gasteiger partial charge in [0.1, 0.15) is 0 Å². The lowest BCUT2D eigenvalue weighted by atomic mass is 9.92. The smallest absolute Gasteiger partial charge is 0.294 e. The lowest BCUT2D eigenvalue weighted by Crippen LogP contribution is -2.31. The molecule has 1 amide bonds. The van der Waals surface area contributed by atoms with Crippen molar-refractivity contribution in [2.75, 3.05) is 12.0 Å². The Morgan fingerprint density at radius 1 is 1.19 bits per heavy atom. The summed E-state index contributed by atoms with van der Waals surface area (Å²) in [5, 5.41) is 13.5. The summed E-state index contributed by atoms with van der Waals surface area (Å²) in [6, 6.07) is 14.1. The van der Waals surface area contributed by atoms with Gasteiger partial charge in [0.05, 0.1) is 28.9 Å². The van der Waals surface area contributed by atoms with Crippen LogP contribution in [0.2, 0.25) is 0 Å². The number of nitrogens with zero attached hydrogens (tertiary/aromatic N) is 2. The fourth-order valence-corrected chi connectivity index (χ4v) is 4.52. The van der Waals surface area contributed by atoms with Crippen LogP contribution in [0.4, 0.5) is 5.69 Å². The number of aromatic nitrogens is 1. The van der Waals surface area contributed by atoms with Crippen LogP contribution < -0.4 is 4.90 Å². The van der Waals surface area contributed by atoms with E-state index in [0.717, 1.165) is 27.4 Å². The monoisotopic (exact) mass is 434 g/mol. The highest BCUT2D eigenvalue weighted by Crippen LogP contribution is 2.42. The molecule has 0 saturated carbocycles. The van der Waals surface area contributed by atoms with Gasteiger partial charge in [-0.3, -0.25) is 14.5 Å². The number of aliphatic hydroxyl groups is 1. The number of hydrogen-bond donors (Lipinski definition) is 1. The predicted octanol–water partition coefficient (Wildman–Crippen LogP) is 4.75. The number of hydrogen-bond acceptors (Lipinski definition) is 6. The van der Waals surface area contributed by atoms with Crippen LogP contribution in [0.3, 0.4) is 0 Å². The zero-order valence-corrected chi connectivity index (χ0v) is 18.3. The highest BCUT2D eigenvalue weighted by molar-refractivity contribution is 7.09. The molecule has 0 radical (unpaired) electrons. The number of methoxy groups -OCH3 is 1. The van der Waals surface area contributed by atoms with E-state index in [0.29, 0.717) is 12.3 Å². The largest absolute Gasteiger partial charge is 0.503 e. The van der Waals surface area contributed by atoms with E-state index in [2.05, 4.69) is 4.98 Å². The van der Waals surface area contributed by atoms with Gasteiger partial charge >= 0.3 is 0 Å². The number of rotatable bonds is 6. The van der Waals surface area contributed by atoms with Crippen LogP contribution in [0.15, 0.2) is 65.2 Å². The normalized spacial score (nSPS) is 16.3. The Balaban J connectivity index is 1.80. The molecule has 2 aromatic carbocycles. The summed E-state index contributed by atoms with van der Waals surface area (Å²) in [4.78, 5) is 31.5. The molecule has 31 heavy (non-hydrogen) atoms. The number of ether oxygens (including phenoxy) is 1. The van der Waals surface area contributed by atoms with Gasteiger partial charge < -0.3 is 9.84 Å². The average Bonchev–Trinajstić information content (AvgIpc) is 3.30. The second kappa shape index (κ2) is 8.45. The summed E-state index contributed by atoms with van der Waals surface area (Å²) < 4.78 is 5.31. The van der Waals surface area contributed by atoms with Crippen LogP contribution in [0.5, 0.6) is 0 Å². The van der Waals surface area contributed by atoms with E-state index in [-0.39, 0.29) is 11.4 Å². The number of benzene rings is 2. The molecular weight excluding hydrogens is 412 g/mol. The quantitative estimate of drug-likeness (QED) is 0.605. The van der Waals surface area contributed by atoms with Gasteiger partial charge in [0.15, 0.2) is 11.5 Å².